The van der Waals surface area contributed by atoms with Gasteiger partial charge in [0.05, 0.1) is 11.8 Å². The maximum atomic E-state index is 5.27. The third-order valence-electron chi connectivity index (χ3n) is 1.94. The van der Waals surface area contributed by atoms with Gasteiger partial charge in [-0.05, 0) is 45.7 Å². The average Bonchev–Trinajstić information content (AvgIpc) is 2.12. The number of hydrogen-bond donors (Lipinski definition) is 0. The Morgan fingerprint density at radius 3 is 2.62 bits per heavy atom. The summed E-state index contributed by atoms with van der Waals surface area (Å²) in [6, 6.07) is 0. The molecule has 1 aromatic rings. The minimum atomic E-state index is 0.0606. The molecule has 0 spiro atoms. The van der Waals surface area contributed by atoms with Gasteiger partial charge < -0.3 is 4.74 Å². The second-order valence-electron chi connectivity index (χ2n) is 2.80. The molecule has 0 aromatic carbocycles. The number of nitrogens with zero attached hydrogens (tertiary/aromatic N) is 1. The predicted octanol–water partition coefficient (Wildman–Crippen LogP) is 3.62. The number of halogens is 2. The van der Waals surface area contributed by atoms with Crippen molar-refractivity contribution in [2.45, 2.75) is 20.0 Å². The summed E-state index contributed by atoms with van der Waals surface area (Å²) in [5.41, 5.74) is 2.08. The van der Waals surface area contributed by atoms with Crippen LogP contribution in [0, 0.1) is 6.92 Å². The van der Waals surface area contributed by atoms with Gasteiger partial charge in [-0.25, -0.2) is 0 Å². The molecule has 2 nitrogen and oxygen atoms in total. The maximum Gasteiger partial charge on any atom is 0.0816 e. The topological polar surface area (TPSA) is 22.1 Å². The first-order chi connectivity index (χ1) is 6.07. The first-order valence-corrected chi connectivity index (χ1v) is 5.49. The fraction of sp³-hybridized carbons (Fsp3) is 0.444. The molecule has 1 heterocycles. The molecule has 0 amide bonds. The van der Waals surface area contributed by atoms with Gasteiger partial charge in [0.1, 0.15) is 0 Å². The van der Waals surface area contributed by atoms with Crippen LogP contribution >= 0.6 is 31.9 Å². The molecule has 0 bridgehead atoms. The number of aryl methyl sites for hydroxylation is 1. The normalized spacial score (nSPS) is 13.0. The zero-order chi connectivity index (χ0) is 10.0. The minimum absolute atomic E-state index is 0.0606. The Kier molecular flexibility index (Phi) is 3.88. The van der Waals surface area contributed by atoms with Crippen molar-refractivity contribution in [2.24, 2.45) is 0 Å². The summed E-state index contributed by atoms with van der Waals surface area (Å²) in [5, 5.41) is 0. The van der Waals surface area contributed by atoms with E-state index in [1.54, 1.807) is 13.3 Å². The van der Waals surface area contributed by atoms with Gasteiger partial charge in [0.2, 0.25) is 0 Å². The number of hydrogen-bond acceptors (Lipinski definition) is 2. The highest BCUT2D eigenvalue weighted by Gasteiger charge is 2.14. The van der Waals surface area contributed by atoms with Gasteiger partial charge in [0.25, 0.3) is 0 Å². The highest BCUT2D eigenvalue weighted by Crippen LogP contribution is 2.33. The van der Waals surface area contributed by atoms with Gasteiger partial charge in [0.15, 0.2) is 0 Å². The fourth-order valence-corrected chi connectivity index (χ4v) is 2.60. The van der Waals surface area contributed by atoms with Gasteiger partial charge in [-0.15, -0.1) is 0 Å². The van der Waals surface area contributed by atoms with E-state index in [9.17, 15) is 0 Å². The van der Waals surface area contributed by atoms with E-state index < -0.39 is 0 Å². The van der Waals surface area contributed by atoms with E-state index in [1.165, 1.54) is 0 Å². The average molecular weight is 309 g/mol. The summed E-state index contributed by atoms with van der Waals surface area (Å²) in [6.07, 6.45) is 1.86. The van der Waals surface area contributed by atoms with Crippen molar-refractivity contribution in [3.63, 3.8) is 0 Å². The van der Waals surface area contributed by atoms with Crippen LogP contribution in [-0.2, 0) is 4.74 Å². The predicted molar refractivity (Wildman–Crippen MR) is 59.8 cm³/mol. The van der Waals surface area contributed by atoms with E-state index in [0.29, 0.717) is 0 Å². The van der Waals surface area contributed by atoms with Crippen LogP contribution in [0.4, 0.5) is 0 Å². The molecule has 1 unspecified atom stereocenters. The summed E-state index contributed by atoms with van der Waals surface area (Å²) >= 11 is 6.95. The lowest BCUT2D eigenvalue weighted by Gasteiger charge is -2.14. The molecule has 0 aliphatic carbocycles. The van der Waals surface area contributed by atoms with Crippen LogP contribution in [0.2, 0.25) is 0 Å². The Balaban J connectivity index is 3.25. The molecule has 72 valence electrons. The smallest absolute Gasteiger partial charge is 0.0816 e. The molecule has 0 radical (unpaired) electrons. The highest BCUT2D eigenvalue weighted by atomic mass is 79.9. The number of ether oxygens (including phenoxy) is 1. The number of methoxy groups -OCH3 is 1. The molecule has 4 heteroatoms. The van der Waals surface area contributed by atoms with Gasteiger partial charge in [0, 0.05) is 27.8 Å². The number of rotatable bonds is 2. The third kappa shape index (κ3) is 2.30. The van der Waals surface area contributed by atoms with Crippen molar-refractivity contribution in [3.8, 4) is 0 Å². The van der Waals surface area contributed by atoms with E-state index in [-0.39, 0.29) is 6.10 Å². The Bertz CT molecular complexity index is 315. The third-order valence-corrected chi connectivity index (χ3v) is 3.58. The van der Waals surface area contributed by atoms with Gasteiger partial charge >= 0.3 is 0 Å². The van der Waals surface area contributed by atoms with Gasteiger partial charge in [-0.1, -0.05) is 0 Å². The zero-order valence-electron chi connectivity index (χ0n) is 7.77. The largest absolute Gasteiger partial charge is 0.377 e. The van der Waals surface area contributed by atoms with Crippen LogP contribution in [0.3, 0.4) is 0 Å². The molecule has 13 heavy (non-hydrogen) atoms. The van der Waals surface area contributed by atoms with Crippen LogP contribution in [0.25, 0.3) is 0 Å². The lowest BCUT2D eigenvalue weighted by Crippen LogP contribution is -2.01. The van der Waals surface area contributed by atoms with Crippen molar-refractivity contribution in [1.82, 2.24) is 4.98 Å². The standard InChI is InChI=1S/C9H11Br2NO/c1-5-9(11)8(6(2)13-3)7(10)4-12-5/h4,6H,1-3H3. The monoisotopic (exact) mass is 307 g/mol. The van der Waals surface area contributed by atoms with E-state index in [4.69, 9.17) is 4.74 Å². The molecule has 0 saturated carbocycles. The first-order valence-electron chi connectivity index (χ1n) is 3.91. The maximum absolute atomic E-state index is 5.27. The Morgan fingerprint density at radius 2 is 2.08 bits per heavy atom. The van der Waals surface area contributed by atoms with Crippen molar-refractivity contribution < 1.29 is 4.74 Å². The van der Waals surface area contributed by atoms with Gasteiger partial charge in [-0.2, -0.15) is 0 Å². The summed E-state index contributed by atoms with van der Waals surface area (Å²) in [7, 11) is 1.69. The molecule has 0 aliphatic heterocycles. The van der Waals surface area contributed by atoms with E-state index in [2.05, 4.69) is 36.8 Å². The highest BCUT2D eigenvalue weighted by molar-refractivity contribution is 9.11. The lowest BCUT2D eigenvalue weighted by atomic mass is 10.1. The molecular weight excluding hydrogens is 298 g/mol. The van der Waals surface area contributed by atoms with E-state index in [1.807, 2.05) is 13.8 Å². The van der Waals surface area contributed by atoms with Crippen LogP contribution in [0.15, 0.2) is 15.1 Å². The lowest BCUT2D eigenvalue weighted by molar-refractivity contribution is 0.118. The summed E-state index contributed by atoms with van der Waals surface area (Å²) < 4.78 is 7.25. The molecule has 1 aromatic heterocycles. The van der Waals surface area contributed by atoms with Crippen LogP contribution in [0.5, 0.6) is 0 Å². The summed E-state index contributed by atoms with van der Waals surface area (Å²) in [4.78, 5) is 4.21. The number of pyridine rings is 1. The van der Waals surface area contributed by atoms with Crippen molar-refractivity contribution >= 4 is 31.9 Å². The second-order valence-corrected chi connectivity index (χ2v) is 4.44. The van der Waals surface area contributed by atoms with Crippen molar-refractivity contribution in [1.29, 1.82) is 0 Å². The van der Waals surface area contributed by atoms with E-state index >= 15 is 0 Å². The summed E-state index contributed by atoms with van der Waals surface area (Å²) in [5.74, 6) is 0. The Hall–Kier alpha value is 0.0700. The quantitative estimate of drug-likeness (QED) is 0.832. The van der Waals surface area contributed by atoms with Crippen LogP contribution < -0.4 is 0 Å². The molecule has 0 aliphatic rings. The molecule has 0 saturated heterocycles. The SMILES string of the molecule is COC(C)c1c(Br)cnc(C)c1Br. The molecule has 1 rings (SSSR count). The van der Waals surface area contributed by atoms with Crippen molar-refractivity contribution in [3.05, 3.63) is 26.4 Å². The van der Waals surface area contributed by atoms with Crippen LogP contribution in [-0.4, -0.2) is 12.1 Å². The zero-order valence-corrected chi connectivity index (χ0v) is 10.9. The summed E-state index contributed by atoms with van der Waals surface area (Å²) in [6.45, 7) is 3.96. The first kappa shape index (κ1) is 11.1. The molecule has 0 N–H and O–H groups in total. The van der Waals surface area contributed by atoms with Crippen molar-refractivity contribution in [2.75, 3.05) is 7.11 Å². The Labute approximate surface area is 95.0 Å². The van der Waals surface area contributed by atoms with Gasteiger partial charge in [-0.3, -0.25) is 4.98 Å². The molecular formula is C9H11Br2NO. The Morgan fingerprint density at radius 1 is 1.46 bits per heavy atom. The molecule has 0 fully saturated rings. The fourth-order valence-electron chi connectivity index (χ4n) is 1.07. The van der Waals surface area contributed by atoms with Crippen LogP contribution in [0.1, 0.15) is 24.3 Å². The van der Waals surface area contributed by atoms with E-state index in [0.717, 1.165) is 20.2 Å². The molecule has 1 atom stereocenters. The minimum Gasteiger partial charge on any atom is -0.377 e. The number of aromatic nitrogens is 1. The second kappa shape index (κ2) is 4.53.